The lowest BCUT2D eigenvalue weighted by Crippen LogP contribution is -2.66. The topological polar surface area (TPSA) is 427 Å². The van der Waals surface area contributed by atoms with Gasteiger partial charge in [-0.1, -0.05) is 146 Å². The molecule has 4 saturated heterocycles. The molecule has 0 saturated carbocycles. The molecule has 34 nitrogen and oxygen atoms in total. The summed E-state index contributed by atoms with van der Waals surface area (Å²) in [7, 11) is 0. The highest BCUT2D eigenvalue weighted by Gasteiger charge is 2.60. The quantitative estimate of drug-likeness (QED) is 0.0317. The molecular formula is C90H84O34. The summed E-state index contributed by atoms with van der Waals surface area (Å²) in [5, 5.41) is 12.3. The minimum Gasteiger partial charge on any atom is -0.463 e. The maximum absolute atomic E-state index is 15.1. The van der Waals surface area contributed by atoms with E-state index in [4.69, 9.17) is 94.7 Å². The van der Waals surface area contributed by atoms with Crippen molar-refractivity contribution in [1.29, 1.82) is 0 Å². The number of aliphatic hydroxyl groups is 1. The van der Waals surface area contributed by atoms with Crippen LogP contribution in [0.3, 0.4) is 0 Å². The van der Waals surface area contributed by atoms with Crippen LogP contribution in [0.5, 0.6) is 0 Å². The number of hydrogen-bond donors (Lipinski definition) is 1. The maximum atomic E-state index is 15.1. The van der Waals surface area contributed by atoms with Crippen LogP contribution in [0.4, 0.5) is 0 Å². The van der Waals surface area contributed by atoms with Crippen molar-refractivity contribution in [2.75, 3.05) is 26.4 Å². The molecule has 4 aliphatic heterocycles. The molecule has 4 fully saturated rings. The molecule has 0 unspecified atom stereocenters. The van der Waals surface area contributed by atoms with E-state index in [0.717, 1.165) is 34.6 Å². The smallest absolute Gasteiger partial charge is 0.338 e. The van der Waals surface area contributed by atoms with Crippen molar-refractivity contribution in [1.82, 2.24) is 0 Å². The molecule has 8 aromatic rings. The van der Waals surface area contributed by atoms with Crippen molar-refractivity contribution < 1.29 is 162 Å². The molecule has 20 atom stereocenters. The van der Waals surface area contributed by atoms with Crippen molar-refractivity contribution in [2.45, 2.75) is 157 Å². The number of carbonyl (C=O) groups is 13. The summed E-state index contributed by atoms with van der Waals surface area (Å²) >= 11 is 0. The van der Waals surface area contributed by atoms with Gasteiger partial charge in [-0.25, -0.2) is 38.4 Å². The molecule has 0 spiro atoms. The Morgan fingerprint density at radius 2 is 0.395 bits per heavy atom. The van der Waals surface area contributed by atoms with Crippen LogP contribution in [-0.2, 0) is 119 Å². The molecule has 0 radical (unpaired) electrons. The van der Waals surface area contributed by atoms with Crippen molar-refractivity contribution in [2.24, 2.45) is 0 Å². The van der Waals surface area contributed by atoms with Gasteiger partial charge < -0.3 is 99.8 Å². The van der Waals surface area contributed by atoms with E-state index < -0.39 is 227 Å². The van der Waals surface area contributed by atoms with Crippen molar-refractivity contribution in [3.05, 3.63) is 287 Å². The van der Waals surface area contributed by atoms with E-state index in [1.807, 2.05) is 0 Å². The lowest BCUT2D eigenvalue weighted by atomic mass is 9.96. The fourth-order valence-electron chi connectivity index (χ4n) is 13.7. The summed E-state index contributed by atoms with van der Waals surface area (Å²) in [6.45, 7) is 1.09. The van der Waals surface area contributed by atoms with E-state index in [1.165, 1.54) is 194 Å². The first-order valence-electron chi connectivity index (χ1n) is 38.9. The van der Waals surface area contributed by atoms with Gasteiger partial charge in [0.1, 0.15) is 31.0 Å². The van der Waals surface area contributed by atoms with E-state index in [0.29, 0.717) is 0 Å². The summed E-state index contributed by atoms with van der Waals surface area (Å²) in [4.78, 5) is 183. The van der Waals surface area contributed by atoms with Gasteiger partial charge in [0.15, 0.2) is 98.4 Å². The molecule has 8 aromatic carbocycles. The first-order valence-corrected chi connectivity index (χ1v) is 38.9. The molecule has 0 aromatic heterocycles. The first kappa shape index (κ1) is 89.8. The van der Waals surface area contributed by atoms with Crippen LogP contribution >= 0.6 is 0 Å². The Morgan fingerprint density at radius 1 is 0.218 bits per heavy atom. The average molecular weight is 1710 g/mol. The van der Waals surface area contributed by atoms with Gasteiger partial charge in [0, 0.05) is 34.6 Å². The molecule has 4 aliphatic rings. The Balaban J connectivity index is 0.998. The van der Waals surface area contributed by atoms with Gasteiger partial charge in [0.05, 0.1) is 64.3 Å². The van der Waals surface area contributed by atoms with Gasteiger partial charge in [-0.05, 0) is 97.1 Å². The third-order valence-electron chi connectivity index (χ3n) is 19.3. The van der Waals surface area contributed by atoms with Gasteiger partial charge >= 0.3 is 77.6 Å². The zero-order valence-electron chi connectivity index (χ0n) is 66.9. The number of esters is 13. The van der Waals surface area contributed by atoms with E-state index in [1.54, 1.807) is 48.5 Å². The lowest BCUT2D eigenvalue weighted by Gasteiger charge is -2.47. The van der Waals surface area contributed by atoms with Crippen LogP contribution in [0.25, 0.3) is 0 Å². The summed E-state index contributed by atoms with van der Waals surface area (Å²) < 4.78 is 125. The predicted molar refractivity (Wildman–Crippen MR) is 419 cm³/mol. The number of ether oxygens (including phenoxy) is 20. The number of carbonyl (C=O) groups excluding carboxylic acids is 13. The molecule has 0 bridgehead atoms. The Labute approximate surface area is 707 Å². The molecule has 34 heteroatoms. The summed E-state index contributed by atoms with van der Waals surface area (Å²) in [6.07, 6.45) is -40.5. The Kier molecular flexibility index (Phi) is 31.0. The maximum Gasteiger partial charge on any atom is 0.338 e. The third kappa shape index (κ3) is 23.6. The standard InChI is InChI=1S/C90H84O34/c1-50(91)105-46-64-67(109-51(2)92)72(111-53(4)94)76(112-54(5)95)88(114-64)107-48-65-68(110-52(3)93)73(120-82(99)58-36-20-9-21-37-58)77(123-85(102)61-42-26-12-27-43-61)89(115-65)108-49-66-70(118-80(97)56-32-16-7-17-33-56)74(121-83(100)59-38-22-10-23-39-59)78(124-86(103)62-44-28-13-29-45-62)90(116-66)106-47-63-69(117-79(96)55-30-14-6-15-31-55)71(119-81(98)57-34-18-8-19-35-57)75(87(104)113-63)122-84(101)60-40-24-11-25-41-60/h6-45,63-78,87-90,104H,46-49H2,1-5H3/t63-,64-,65-,66-,67+,68+,69+,70+,71+,72+,73+,74+,75-,76-,77-,78-,87+,88+,89+,90-/m1/s1. The Bertz CT molecular complexity index is 4990. The second kappa shape index (κ2) is 42.9. The van der Waals surface area contributed by atoms with Crippen molar-refractivity contribution in [3.8, 4) is 0 Å². The molecular weight excluding hydrogens is 1620 g/mol. The predicted octanol–water partition coefficient (Wildman–Crippen LogP) is 8.02. The normalized spacial score (nSPS) is 25.7. The van der Waals surface area contributed by atoms with Crippen LogP contribution in [0.1, 0.15) is 117 Å². The second-order valence-electron chi connectivity index (χ2n) is 28.2. The van der Waals surface area contributed by atoms with Crippen molar-refractivity contribution >= 4 is 77.6 Å². The minimum absolute atomic E-state index is 0.0427. The number of benzene rings is 8. The van der Waals surface area contributed by atoms with Gasteiger partial charge in [-0.3, -0.25) is 24.0 Å². The van der Waals surface area contributed by atoms with Crippen molar-refractivity contribution in [3.63, 3.8) is 0 Å². The monoisotopic (exact) mass is 1710 g/mol. The highest BCUT2D eigenvalue weighted by Crippen LogP contribution is 2.39. The van der Waals surface area contributed by atoms with Crippen LogP contribution in [0.2, 0.25) is 0 Å². The highest BCUT2D eigenvalue weighted by molar-refractivity contribution is 5.94. The lowest BCUT2D eigenvalue weighted by molar-refractivity contribution is -0.345. The summed E-state index contributed by atoms with van der Waals surface area (Å²) in [5.41, 5.74) is -0.843. The molecule has 124 heavy (non-hydrogen) atoms. The Morgan fingerprint density at radius 3 is 0.645 bits per heavy atom. The average Bonchev–Trinajstić information content (AvgIpc) is 0.776. The van der Waals surface area contributed by atoms with E-state index >= 15 is 9.59 Å². The largest absolute Gasteiger partial charge is 0.463 e. The van der Waals surface area contributed by atoms with Gasteiger partial charge in [-0.15, -0.1) is 0 Å². The van der Waals surface area contributed by atoms with Crippen LogP contribution < -0.4 is 0 Å². The third-order valence-corrected chi connectivity index (χ3v) is 19.3. The zero-order chi connectivity index (χ0) is 87.9. The van der Waals surface area contributed by atoms with Gasteiger partial charge in [0.25, 0.3) is 0 Å². The van der Waals surface area contributed by atoms with Gasteiger partial charge in [-0.2, -0.15) is 0 Å². The van der Waals surface area contributed by atoms with E-state index in [2.05, 4.69) is 0 Å². The fourth-order valence-corrected chi connectivity index (χ4v) is 13.7. The zero-order valence-corrected chi connectivity index (χ0v) is 66.9. The van der Waals surface area contributed by atoms with E-state index in [-0.39, 0.29) is 44.5 Å². The summed E-state index contributed by atoms with van der Waals surface area (Å²) in [6, 6.07) is 58.7. The van der Waals surface area contributed by atoms with Crippen LogP contribution in [0.15, 0.2) is 243 Å². The van der Waals surface area contributed by atoms with Crippen LogP contribution in [-0.4, -0.2) is 232 Å². The number of rotatable bonds is 31. The molecule has 12 rings (SSSR count). The summed E-state index contributed by atoms with van der Waals surface area (Å²) in [5.74, 6) is -14.0. The van der Waals surface area contributed by atoms with E-state index in [9.17, 15) is 57.8 Å². The number of hydrogen-bond acceptors (Lipinski definition) is 34. The SMILES string of the molecule is CC(=O)OC[C@H]1O[C@H](OC[C@H]2O[C@H](OC[C@H]3O[C@@H](OC[C@H]4O[C@H](O)[C@H](OC(=O)c5ccccc5)[C@@H](OC(=O)c5ccccc5)[C@H]4OC(=O)c4ccccc4)[C@H](OC(=O)c4ccccc4)[C@@H](OC(=O)c4ccccc4)[C@H]3OC(=O)c3ccccc3)[C@H](OC(=O)c3ccccc3)[C@@H](OC(=O)c3ccccc3)[C@H]2OC(C)=O)[C@H](OC(C)=O)[C@@H](OC(C)=O)[C@H]1OC(C)=O. The molecule has 0 amide bonds. The molecule has 1 N–H and O–H groups in total. The second-order valence-corrected chi connectivity index (χ2v) is 28.2. The highest BCUT2D eigenvalue weighted by atomic mass is 16.8. The fraction of sp³-hybridized carbons (Fsp3) is 0.322. The van der Waals surface area contributed by atoms with Gasteiger partial charge in [0.2, 0.25) is 0 Å². The molecule has 648 valence electrons. The molecule has 0 aliphatic carbocycles. The van der Waals surface area contributed by atoms with Crippen LogP contribution in [0, 0.1) is 0 Å². The Hall–Kier alpha value is -13.5. The first-order chi connectivity index (χ1) is 59.8. The number of aliphatic hydroxyl groups excluding tert-OH is 1. The molecule has 4 heterocycles. The minimum atomic E-state index is -2.31.